The molecule has 0 aliphatic heterocycles. The predicted molar refractivity (Wildman–Crippen MR) is 107 cm³/mol. The van der Waals surface area contributed by atoms with Gasteiger partial charge in [0.2, 0.25) is 0 Å². The Labute approximate surface area is 162 Å². The van der Waals surface area contributed by atoms with Crippen LogP contribution in [0.5, 0.6) is 0 Å². The van der Waals surface area contributed by atoms with Gasteiger partial charge in [0, 0.05) is 37.3 Å². The molecule has 0 spiro atoms. The molecular weight excluding hydrogens is 443 g/mol. The van der Waals surface area contributed by atoms with E-state index in [-0.39, 0.29) is 29.7 Å². The number of non-ortho nitro benzene ring substituents is 1. The maximum atomic E-state index is 10.6. The first-order valence-electron chi connectivity index (χ1n) is 7.01. The molecule has 6 nitrogen and oxygen atoms in total. The van der Waals surface area contributed by atoms with Crippen LogP contribution >= 0.6 is 35.6 Å². The minimum Gasteiger partial charge on any atom is -0.352 e. The van der Waals surface area contributed by atoms with Crippen molar-refractivity contribution in [3.63, 3.8) is 0 Å². The van der Waals surface area contributed by atoms with E-state index >= 15 is 0 Å². The van der Waals surface area contributed by atoms with Crippen molar-refractivity contribution >= 4 is 47.2 Å². The van der Waals surface area contributed by atoms with Crippen LogP contribution in [0.4, 0.5) is 5.69 Å². The predicted octanol–water partition coefficient (Wildman–Crippen LogP) is 3.73. The van der Waals surface area contributed by atoms with E-state index in [1.165, 1.54) is 12.1 Å². The van der Waals surface area contributed by atoms with E-state index in [4.69, 9.17) is 11.6 Å². The molecule has 2 aromatic carbocycles. The molecule has 2 N–H and O–H groups in total. The van der Waals surface area contributed by atoms with E-state index in [0.717, 1.165) is 11.1 Å². The molecule has 0 fully saturated rings. The Balaban J connectivity index is 0.00000288. The molecule has 0 aliphatic rings. The van der Waals surface area contributed by atoms with Crippen molar-refractivity contribution in [3.8, 4) is 0 Å². The summed E-state index contributed by atoms with van der Waals surface area (Å²) >= 11 is 5.85. The van der Waals surface area contributed by atoms with Crippen molar-refractivity contribution < 1.29 is 4.92 Å². The Morgan fingerprint density at radius 2 is 1.50 bits per heavy atom. The summed E-state index contributed by atoms with van der Waals surface area (Å²) in [6, 6.07) is 14.0. The van der Waals surface area contributed by atoms with Crippen molar-refractivity contribution in [1.82, 2.24) is 10.6 Å². The molecule has 0 unspecified atom stereocenters. The van der Waals surface area contributed by atoms with Gasteiger partial charge in [-0.05, 0) is 23.3 Å². The van der Waals surface area contributed by atoms with Crippen LogP contribution in [0.25, 0.3) is 0 Å². The number of halogens is 2. The highest BCUT2D eigenvalue weighted by atomic mass is 127. The first-order chi connectivity index (χ1) is 11.1. The van der Waals surface area contributed by atoms with Crippen LogP contribution < -0.4 is 10.6 Å². The van der Waals surface area contributed by atoms with Crippen LogP contribution in [-0.2, 0) is 13.1 Å². The normalized spacial score (nSPS) is 10.7. The van der Waals surface area contributed by atoms with Crippen LogP contribution in [0.2, 0.25) is 5.02 Å². The van der Waals surface area contributed by atoms with Gasteiger partial charge < -0.3 is 10.6 Å². The van der Waals surface area contributed by atoms with Crippen LogP contribution in [0.15, 0.2) is 53.5 Å². The van der Waals surface area contributed by atoms with Crippen molar-refractivity contribution in [1.29, 1.82) is 0 Å². The number of nitrogens with one attached hydrogen (secondary N) is 2. The van der Waals surface area contributed by atoms with Crippen LogP contribution in [-0.4, -0.2) is 17.9 Å². The van der Waals surface area contributed by atoms with E-state index < -0.39 is 4.92 Å². The van der Waals surface area contributed by atoms with Crippen molar-refractivity contribution in [2.24, 2.45) is 4.99 Å². The highest BCUT2D eigenvalue weighted by Gasteiger charge is 2.04. The Hall–Kier alpha value is -1.87. The van der Waals surface area contributed by atoms with Crippen molar-refractivity contribution in [3.05, 3.63) is 74.8 Å². The Morgan fingerprint density at radius 3 is 1.92 bits per heavy atom. The highest BCUT2D eigenvalue weighted by molar-refractivity contribution is 14.0. The van der Waals surface area contributed by atoms with E-state index in [9.17, 15) is 10.1 Å². The number of nitrogens with zero attached hydrogens (tertiary/aromatic N) is 2. The van der Waals surface area contributed by atoms with Crippen LogP contribution in [0.1, 0.15) is 11.1 Å². The number of benzene rings is 2. The summed E-state index contributed by atoms with van der Waals surface area (Å²) in [7, 11) is 1.69. The van der Waals surface area contributed by atoms with Crippen LogP contribution in [0.3, 0.4) is 0 Å². The number of hydrogen-bond donors (Lipinski definition) is 2. The largest absolute Gasteiger partial charge is 0.352 e. The summed E-state index contributed by atoms with van der Waals surface area (Å²) in [5, 5.41) is 17.7. The third kappa shape index (κ3) is 6.32. The Kier molecular flexibility index (Phi) is 8.48. The second-order valence-electron chi connectivity index (χ2n) is 4.83. The SMILES string of the molecule is CN=C(NCc1ccc(Cl)cc1)NCc1ccc([N+](=O)[O-])cc1.I. The molecule has 0 amide bonds. The van der Waals surface area contributed by atoms with Gasteiger partial charge in [-0.15, -0.1) is 24.0 Å². The topological polar surface area (TPSA) is 79.6 Å². The fourth-order valence-electron chi connectivity index (χ4n) is 1.93. The summed E-state index contributed by atoms with van der Waals surface area (Å²) in [5.74, 6) is 0.651. The maximum Gasteiger partial charge on any atom is 0.269 e. The average Bonchev–Trinajstić information content (AvgIpc) is 2.57. The zero-order valence-corrected chi connectivity index (χ0v) is 16.1. The molecule has 0 saturated carbocycles. The standard InChI is InChI=1S/C16H17ClN4O2.HI/c1-18-16(19-10-12-2-6-14(17)7-3-12)20-11-13-4-8-15(9-5-13)21(22)23;/h2-9H,10-11H2,1H3,(H2,18,19,20);1H. The van der Waals surface area contributed by atoms with Gasteiger partial charge in [-0.25, -0.2) is 0 Å². The van der Waals surface area contributed by atoms with Gasteiger partial charge in [0.1, 0.15) is 0 Å². The molecule has 0 aromatic heterocycles. The van der Waals surface area contributed by atoms with Gasteiger partial charge in [-0.2, -0.15) is 0 Å². The molecular formula is C16H18ClIN4O2. The second-order valence-corrected chi connectivity index (χ2v) is 5.27. The average molecular weight is 461 g/mol. The fourth-order valence-corrected chi connectivity index (χ4v) is 2.06. The zero-order chi connectivity index (χ0) is 16.7. The van der Waals surface area contributed by atoms with Crippen LogP contribution in [0, 0.1) is 10.1 Å². The minimum absolute atomic E-state index is 0. The molecule has 8 heteroatoms. The number of nitro benzene ring substituents is 1. The van der Waals surface area contributed by atoms with E-state index in [0.29, 0.717) is 24.1 Å². The van der Waals surface area contributed by atoms with Gasteiger partial charge in [0.25, 0.3) is 5.69 Å². The first kappa shape index (κ1) is 20.2. The van der Waals surface area contributed by atoms with Gasteiger partial charge in [0.05, 0.1) is 4.92 Å². The van der Waals surface area contributed by atoms with E-state index in [1.807, 2.05) is 24.3 Å². The monoisotopic (exact) mass is 460 g/mol. The third-order valence-corrected chi connectivity index (χ3v) is 3.46. The van der Waals surface area contributed by atoms with Crippen molar-refractivity contribution in [2.45, 2.75) is 13.1 Å². The minimum atomic E-state index is -0.413. The molecule has 0 atom stereocenters. The smallest absolute Gasteiger partial charge is 0.269 e. The lowest BCUT2D eigenvalue weighted by Crippen LogP contribution is -2.36. The van der Waals surface area contributed by atoms with Gasteiger partial charge in [-0.1, -0.05) is 35.9 Å². The number of hydrogen-bond acceptors (Lipinski definition) is 3. The quantitative estimate of drug-likeness (QED) is 0.234. The van der Waals surface area contributed by atoms with E-state index in [2.05, 4.69) is 15.6 Å². The lowest BCUT2D eigenvalue weighted by molar-refractivity contribution is -0.384. The number of aliphatic imine (C=N–C) groups is 1. The maximum absolute atomic E-state index is 10.6. The van der Waals surface area contributed by atoms with Gasteiger partial charge in [-0.3, -0.25) is 15.1 Å². The summed E-state index contributed by atoms with van der Waals surface area (Å²) in [5.41, 5.74) is 2.11. The van der Waals surface area contributed by atoms with Crippen molar-refractivity contribution in [2.75, 3.05) is 7.05 Å². The summed E-state index contributed by atoms with van der Waals surface area (Å²) in [4.78, 5) is 14.3. The molecule has 0 saturated heterocycles. The number of nitro groups is 1. The molecule has 24 heavy (non-hydrogen) atoms. The highest BCUT2D eigenvalue weighted by Crippen LogP contribution is 2.11. The summed E-state index contributed by atoms with van der Waals surface area (Å²) < 4.78 is 0. The third-order valence-electron chi connectivity index (χ3n) is 3.20. The Morgan fingerprint density at radius 1 is 1.04 bits per heavy atom. The van der Waals surface area contributed by atoms with Gasteiger partial charge >= 0.3 is 0 Å². The molecule has 0 aliphatic carbocycles. The molecule has 0 radical (unpaired) electrons. The molecule has 0 heterocycles. The zero-order valence-electron chi connectivity index (χ0n) is 13.0. The fraction of sp³-hybridized carbons (Fsp3) is 0.188. The van der Waals surface area contributed by atoms with E-state index in [1.54, 1.807) is 19.2 Å². The molecule has 2 aromatic rings. The lowest BCUT2D eigenvalue weighted by Gasteiger charge is -2.12. The summed E-state index contributed by atoms with van der Waals surface area (Å²) in [6.07, 6.45) is 0. The lowest BCUT2D eigenvalue weighted by atomic mass is 10.2. The first-order valence-corrected chi connectivity index (χ1v) is 7.38. The molecule has 0 bridgehead atoms. The summed E-state index contributed by atoms with van der Waals surface area (Å²) in [6.45, 7) is 1.15. The number of guanidine groups is 1. The van der Waals surface area contributed by atoms with Gasteiger partial charge in [0.15, 0.2) is 5.96 Å². The second kappa shape index (κ2) is 10.1. The Bertz CT molecular complexity index is 690. The number of rotatable bonds is 5. The molecule has 2 rings (SSSR count). The molecule has 128 valence electrons.